The number of aryl methyl sites for hydroxylation is 3. The van der Waals surface area contributed by atoms with Gasteiger partial charge in [0, 0.05) is 24.4 Å². The quantitative estimate of drug-likeness (QED) is 0.794. The maximum atomic E-state index is 9.82. The van der Waals surface area contributed by atoms with Crippen molar-refractivity contribution >= 4 is 0 Å². The summed E-state index contributed by atoms with van der Waals surface area (Å²) >= 11 is 0. The Morgan fingerprint density at radius 2 is 1.94 bits per heavy atom. The molecule has 1 N–H and O–H groups in total. The highest BCUT2D eigenvalue weighted by Gasteiger charge is 2.24. The number of aromatic hydroxyl groups is 1. The third-order valence-corrected chi connectivity index (χ3v) is 3.80. The second kappa shape index (κ2) is 3.66. The van der Waals surface area contributed by atoms with Crippen LogP contribution in [0.25, 0.3) is 0 Å². The van der Waals surface area contributed by atoms with Crippen molar-refractivity contribution in [2.45, 2.75) is 32.7 Å². The van der Waals surface area contributed by atoms with Crippen molar-refractivity contribution in [3.63, 3.8) is 0 Å². The smallest absolute Gasteiger partial charge is 0.121 e. The summed E-state index contributed by atoms with van der Waals surface area (Å²) in [7, 11) is 0. The molecule has 1 aromatic heterocycles. The summed E-state index contributed by atoms with van der Waals surface area (Å²) in [5.74, 6) is 0.921. The predicted octanol–water partition coefficient (Wildman–Crippen LogP) is 3.35. The second-order valence-electron chi connectivity index (χ2n) is 4.97. The van der Waals surface area contributed by atoms with E-state index in [0.717, 1.165) is 17.7 Å². The van der Waals surface area contributed by atoms with Gasteiger partial charge in [-0.25, -0.2) is 0 Å². The monoisotopic (exact) mass is 227 g/mol. The first-order chi connectivity index (χ1) is 8.16. The van der Waals surface area contributed by atoms with Gasteiger partial charge in [0.15, 0.2) is 0 Å². The van der Waals surface area contributed by atoms with Crippen LogP contribution in [0.5, 0.6) is 5.75 Å². The number of rotatable bonds is 1. The molecule has 88 valence electrons. The Labute approximate surface area is 102 Å². The molecule has 0 fully saturated rings. The number of benzene rings is 1. The van der Waals surface area contributed by atoms with Crippen LogP contribution in [0.2, 0.25) is 0 Å². The first-order valence-corrected chi connectivity index (χ1v) is 6.12. The Morgan fingerprint density at radius 1 is 1.24 bits per heavy atom. The van der Waals surface area contributed by atoms with E-state index in [4.69, 9.17) is 0 Å². The van der Waals surface area contributed by atoms with Crippen LogP contribution in [0.1, 0.15) is 34.7 Å². The van der Waals surface area contributed by atoms with Gasteiger partial charge in [-0.05, 0) is 49.1 Å². The zero-order valence-corrected chi connectivity index (χ0v) is 10.3. The lowest BCUT2D eigenvalue weighted by Crippen LogP contribution is -1.98. The molecule has 0 bridgehead atoms. The fourth-order valence-corrected chi connectivity index (χ4v) is 2.89. The number of hydrogen-bond donors (Lipinski definition) is 1. The molecule has 1 aliphatic heterocycles. The summed E-state index contributed by atoms with van der Waals surface area (Å²) in [4.78, 5) is 0. The fourth-order valence-electron chi connectivity index (χ4n) is 2.89. The van der Waals surface area contributed by atoms with E-state index in [0.29, 0.717) is 11.7 Å². The van der Waals surface area contributed by atoms with E-state index in [1.807, 2.05) is 13.8 Å². The topological polar surface area (TPSA) is 25.2 Å². The SMILES string of the molecule is Cc1cc([C@@H]2CCn3cccc32)cc(C)c1O. The van der Waals surface area contributed by atoms with Crippen LogP contribution in [0, 0.1) is 13.8 Å². The third-order valence-electron chi connectivity index (χ3n) is 3.80. The first kappa shape index (κ1) is 10.5. The molecular formula is C15H17NO. The zero-order chi connectivity index (χ0) is 12.0. The highest BCUT2D eigenvalue weighted by atomic mass is 16.3. The second-order valence-corrected chi connectivity index (χ2v) is 4.97. The Balaban J connectivity index is 2.07. The van der Waals surface area contributed by atoms with Crippen molar-refractivity contribution in [3.05, 3.63) is 52.8 Å². The number of hydrogen-bond acceptors (Lipinski definition) is 1. The predicted molar refractivity (Wildman–Crippen MR) is 68.5 cm³/mol. The number of fused-ring (bicyclic) bond motifs is 1. The van der Waals surface area contributed by atoms with Gasteiger partial charge in [0.2, 0.25) is 0 Å². The van der Waals surface area contributed by atoms with E-state index < -0.39 is 0 Å². The molecule has 2 aromatic rings. The first-order valence-electron chi connectivity index (χ1n) is 6.12. The fraction of sp³-hybridized carbons (Fsp3) is 0.333. The minimum absolute atomic E-state index is 0.433. The lowest BCUT2D eigenvalue weighted by atomic mass is 9.92. The number of phenols is 1. The summed E-state index contributed by atoms with van der Waals surface area (Å²) in [6.07, 6.45) is 3.31. The molecule has 3 rings (SSSR count). The molecule has 0 spiro atoms. The van der Waals surface area contributed by atoms with Gasteiger partial charge in [-0.1, -0.05) is 12.1 Å². The van der Waals surface area contributed by atoms with Crippen molar-refractivity contribution in [2.75, 3.05) is 0 Å². The van der Waals surface area contributed by atoms with Gasteiger partial charge in [0.25, 0.3) is 0 Å². The van der Waals surface area contributed by atoms with Crippen molar-refractivity contribution in [1.82, 2.24) is 4.57 Å². The van der Waals surface area contributed by atoms with Crippen LogP contribution in [0.3, 0.4) is 0 Å². The number of aromatic nitrogens is 1. The van der Waals surface area contributed by atoms with Gasteiger partial charge in [-0.2, -0.15) is 0 Å². The molecule has 0 radical (unpaired) electrons. The van der Waals surface area contributed by atoms with E-state index in [1.54, 1.807) is 0 Å². The summed E-state index contributed by atoms with van der Waals surface area (Å²) < 4.78 is 2.32. The van der Waals surface area contributed by atoms with Crippen LogP contribution in [-0.2, 0) is 6.54 Å². The van der Waals surface area contributed by atoms with E-state index >= 15 is 0 Å². The van der Waals surface area contributed by atoms with Crippen molar-refractivity contribution in [3.8, 4) is 5.75 Å². The van der Waals surface area contributed by atoms with Crippen molar-refractivity contribution in [1.29, 1.82) is 0 Å². The van der Waals surface area contributed by atoms with Gasteiger partial charge in [-0.15, -0.1) is 0 Å². The van der Waals surface area contributed by atoms with Crippen LogP contribution in [0.15, 0.2) is 30.5 Å². The maximum absolute atomic E-state index is 9.82. The molecule has 1 atom stereocenters. The zero-order valence-electron chi connectivity index (χ0n) is 10.3. The van der Waals surface area contributed by atoms with Gasteiger partial charge in [0.05, 0.1) is 0 Å². The number of phenolic OH excluding ortho intramolecular Hbond substituents is 1. The molecule has 0 saturated heterocycles. The van der Waals surface area contributed by atoms with E-state index in [1.165, 1.54) is 17.7 Å². The van der Waals surface area contributed by atoms with Crippen LogP contribution < -0.4 is 0 Å². The molecular weight excluding hydrogens is 210 g/mol. The molecule has 2 heterocycles. The normalized spacial score (nSPS) is 18.4. The van der Waals surface area contributed by atoms with E-state index in [-0.39, 0.29) is 0 Å². The Kier molecular flexibility index (Phi) is 2.25. The largest absolute Gasteiger partial charge is 0.507 e. The maximum Gasteiger partial charge on any atom is 0.121 e. The minimum Gasteiger partial charge on any atom is -0.507 e. The third kappa shape index (κ3) is 1.55. The molecule has 2 heteroatoms. The highest BCUT2D eigenvalue weighted by Crippen LogP contribution is 2.37. The Bertz CT molecular complexity index is 545. The van der Waals surface area contributed by atoms with Gasteiger partial charge in [-0.3, -0.25) is 0 Å². The Hall–Kier alpha value is -1.70. The molecule has 1 aromatic carbocycles. The lowest BCUT2D eigenvalue weighted by molar-refractivity contribution is 0.466. The average Bonchev–Trinajstić information content (AvgIpc) is 2.86. The van der Waals surface area contributed by atoms with Crippen LogP contribution in [0.4, 0.5) is 0 Å². The molecule has 17 heavy (non-hydrogen) atoms. The van der Waals surface area contributed by atoms with E-state index in [9.17, 15) is 5.11 Å². The lowest BCUT2D eigenvalue weighted by Gasteiger charge is -2.13. The van der Waals surface area contributed by atoms with Gasteiger partial charge in [0.1, 0.15) is 5.75 Å². The summed E-state index contributed by atoms with van der Waals surface area (Å²) in [6, 6.07) is 8.56. The molecule has 0 unspecified atom stereocenters. The van der Waals surface area contributed by atoms with Gasteiger partial charge < -0.3 is 9.67 Å². The molecule has 0 amide bonds. The summed E-state index contributed by atoms with van der Waals surface area (Å²) in [5, 5.41) is 9.82. The molecule has 0 saturated carbocycles. The van der Waals surface area contributed by atoms with Crippen molar-refractivity contribution < 1.29 is 5.11 Å². The summed E-state index contributed by atoms with van der Waals surface area (Å²) in [5.41, 5.74) is 4.68. The summed E-state index contributed by atoms with van der Waals surface area (Å²) in [6.45, 7) is 5.05. The van der Waals surface area contributed by atoms with Crippen LogP contribution >= 0.6 is 0 Å². The number of nitrogens with zero attached hydrogens (tertiary/aromatic N) is 1. The minimum atomic E-state index is 0.433. The van der Waals surface area contributed by atoms with Crippen LogP contribution in [-0.4, -0.2) is 9.67 Å². The average molecular weight is 227 g/mol. The van der Waals surface area contributed by atoms with Crippen molar-refractivity contribution in [2.24, 2.45) is 0 Å². The highest BCUT2D eigenvalue weighted by molar-refractivity contribution is 5.45. The molecule has 2 nitrogen and oxygen atoms in total. The standard InChI is InChI=1S/C15H17NO/c1-10-8-12(9-11(2)15(10)17)13-5-7-16-6-3-4-14(13)16/h3-4,6,8-9,13,17H,5,7H2,1-2H3/t13-/m0/s1. The molecule has 1 aliphatic rings. The van der Waals surface area contributed by atoms with E-state index in [2.05, 4.69) is 35.0 Å². The van der Waals surface area contributed by atoms with Gasteiger partial charge >= 0.3 is 0 Å². The Morgan fingerprint density at radius 3 is 2.65 bits per heavy atom. The molecule has 0 aliphatic carbocycles.